The predicted molar refractivity (Wildman–Crippen MR) is 113 cm³/mol. The number of carbonyl (C=O) groups is 1. The second-order valence-corrected chi connectivity index (χ2v) is 8.22. The third-order valence-corrected chi connectivity index (χ3v) is 6.32. The van der Waals surface area contributed by atoms with Gasteiger partial charge < -0.3 is 19.4 Å². The summed E-state index contributed by atoms with van der Waals surface area (Å²) in [6.07, 6.45) is 0. The Morgan fingerprint density at radius 2 is 1.93 bits per heavy atom. The molecule has 2 unspecified atom stereocenters. The van der Waals surface area contributed by atoms with Crippen LogP contribution in [0.3, 0.4) is 0 Å². The van der Waals surface area contributed by atoms with Crippen LogP contribution in [0.25, 0.3) is 10.9 Å². The molecule has 1 fully saturated rings. The van der Waals surface area contributed by atoms with Crippen LogP contribution in [0.1, 0.15) is 28.3 Å². The van der Waals surface area contributed by atoms with Crippen molar-refractivity contribution in [2.24, 2.45) is 0 Å². The molecule has 2 bridgehead atoms. The molecule has 0 radical (unpaired) electrons. The van der Waals surface area contributed by atoms with Crippen LogP contribution in [0.5, 0.6) is 5.75 Å². The van der Waals surface area contributed by atoms with E-state index in [1.54, 1.807) is 7.11 Å². The number of aromatic nitrogens is 1. The number of hydrogen-bond donors (Lipinski definition) is 2. The molecule has 2 N–H and O–H groups in total. The van der Waals surface area contributed by atoms with Gasteiger partial charge in [-0.1, -0.05) is 24.3 Å². The topological polar surface area (TPSA) is 70.0 Å². The van der Waals surface area contributed by atoms with Crippen molar-refractivity contribution >= 4 is 16.8 Å². The summed E-state index contributed by atoms with van der Waals surface area (Å²) < 4.78 is 7.84. The van der Waals surface area contributed by atoms with Crippen molar-refractivity contribution in [1.29, 1.82) is 0 Å². The molecule has 1 amide bonds. The van der Waals surface area contributed by atoms with Crippen LogP contribution in [0, 0.1) is 0 Å². The SMILES string of the molecule is COc1ccc2c(c1)c1c(n2Cc2ccc(CNO)cc2)CN2CC1C(=O)N(C)C2. The molecule has 156 valence electrons. The number of hydroxylamine groups is 1. The van der Waals surface area contributed by atoms with E-state index in [1.165, 1.54) is 11.3 Å². The standard InChI is InChI=1S/C23H26N4O3/c1-25-14-26-12-19(23(25)28)22-18-9-17(30-2)7-8-20(18)27(21(22)13-26)11-16-5-3-15(4-6-16)10-24-29/h3-9,19,24,29H,10-14H2,1-2H3. The number of carbonyl (C=O) groups excluding carboxylic acids is 1. The summed E-state index contributed by atoms with van der Waals surface area (Å²) in [6.45, 7) is 3.43. The maximum Gasteiger partial charge on any atom is 0.232 e. The number of methoxy groups -OCH3 is 1. The molecule has 7 heteroatoms. The number of benzene rings is 2. The summed E-state index contributed by atoms with van der Waals surface area (Å²) in [5.74, 6) is 0.860. The Bertz CT molecular complexity index is 1110. The van der Waals surface area contributed by atoms with Gasteiger partial charge in [-0.3, -0.25) is 9.69 Å². The number of fused-ring (bicyclic) bond motifs is 6. The third kappa shape index (κ3) is 3.06. The molecule has 1 aromatic heterocycles. The zero-order valence-electron chi connectivity index (χ0n) is 17.3. The Morgan fingerprint density at radius 1 is 1.17 bits per heavy atom. The van der Waals surface area contributed by atoms with Crippen molar-refractivity contribution < 1.29 is 14.7 Å². The van der Waals surface area contributed by atoms with Gasteiger partial charge >= 0.3 is 0 Å². The quantitative estimate of drug-likeness (QED) is 0.637. The van der Waals surface area contributed by atoms with Crippen molar-refractivity contribution in [3.8, 4) is 5.75 Å². The summed E-state index contributed by atoms with van der Waals surface area (Å²) in [7, 11) is 3.56. The lowest BCUT2D eigenvalue weighted by atomic mass is 9.89. The molecule has 0 aliphatic carbocycles. The van der Waals surface area contributed by atoms with Gasteiger partial charge in [-0.2, -0.15) is 0 Å². The molecule has 5 rings (SSSR count). The van der Waals surface area contributed by atoms with Crippen LogP contribution in [0.4, 0.5) is 0 Å². The summed E-state index contributed by atoms with van der Waals surface area (Å²) in [5, 5.41) is 10.0. The van der Waals surface area contributed by atoms with E-state index in [4.69, 9.17) is 9.94 Å². The van der Waals surface area contributed by atoms with Crippen LogP contribution in [0.2, 0.25) is 0 Å². The highest BCUT2D eigenvalue weighted by Gasteiger charge is 2.40. The Hall–Kier alpha value is -2.87. The molecule has 0 saturated carbocycles. The van der Waals surface area contributed by atoms with Gasteiger partial charge in [0.25, 0.3) is 0 Å². The van der Waals surface area contributed by atoms with Crippen molar-refractivity contribution in [1.82, 2.24) is 19.8 Å². The van der Waals surface area contributed by atoms with Crippen molar-refractivity contribution in [2.75, 3.05) is 27.4 Å². The molecule has 3 heterocycles. The van der Waals surface area contributed by atoms with Crippen LogP contribution in [-0.2, 0) is 24.4 Å². The van der Waals surface area contributed by atoms with E-state index >= 15 is 0 Å². The molecule has 2 aliphatic heterocycles. The molecule has 30 heavy (non-hydrogen) atoms. The highest BCUT2D eigenvalue weighted by molar-refractivity contribution is 5.95. The van der Waals surface area contributed by atoms with E-state index in [0.29, 0.717) is 13.2 Å². The summed E-state index contributed by atoms with van der Waals surface area (Å²) in [5.41, 5.74) is 7.91. The number of likely N-dealkylation sites (N-methyl/N-ethyl adjacent to an activating group) is 1. The van der Waals surface area contributed by atoms with Crippen LogP contribution in [-0.4, -0.2) is 52.9 Å². The Morgan fingerprint density at radius 3 is 2.67 bits per heavy atom. The fourth-order valence-electron chi connectivity index (χ4n) is 4.89. The average molecular weight is 406 g/mol. The highest BCUT2D eigenvalue weighted by Crippen LogP contribution is 2.41. The second-order valence-electron chi connectivity index (χ2n) is 8.22. The minimum atomic E-state index is -0.138. The van der Waals surface area contributed by atoms with Gasteiger partial charge in [-0.15, -0.1) is 0 Å². The molecule has 0 spiro atoms. The number of nitrogens with one attached hydrogen (secondary N) is 1. The Labute approximate surface area is 175 Å². The number of hydrogen-bond acceptors (Lipinski definition) is 5. The largest absolute Gasteiger partial charge is 0.497 e. The monoisotopic (exact) mass is 406 g/mol. The first-order valence-electron chi connectivity index (χ1n) is 10.2. The van der Waals surface area contributed by atoms with Crippen LogP contribution >= 0.6 is 0 Å². The van der Waals surface area contributed by atoms with E-state index in [9.17, 15) is 4.79 Å². The van der Waals surface area contributed by atoms with E-state index < -0.39 is 0 Å². The fourth-order valence-corrected chi connectivity index (χ4v) is 4.89. The Balaban J connectivity index is 1.63. The van der Waals surface area contributed by atoms with Gasteiger partial charge in [0.15, 0.2) is 0 Å². The van der Waals surface area contributed by atoms with Gasteiger partial charge in [0.1, 0.15) is 5.75 Å². The van der Waals surface area contributed by atoms with Gasteiger partial charge in [-0.25, -0.2) is 5.48 Å². The average Bonchev–Trinajstić information content (AvgIpc) is 3.06. The first kappa shape index (κ1) is 19.1. The first-order chi connectivity index (χ1) is 14.6. The molecule has 2 aliphatic rings. The minimum absolute atomic E-state index is 0.138. The molecule has 7 nitrogen and oxygen atoms in total. The zero-order chi connectivity index (χ0) is 20.8. The van der Waals surface area contributed by atoms with E-state index in [-0.39, 0.29) is 11.8 Å². The van der Waals surface area contributed by atoms with Gasteiger partial charge in [0, 0.05) is 49.8 Å². The number of ether oxygens (including phenoxy) is 1. The smallest absolute Gasteiger partial charge is 0.232 e. The number of rotatable bonds is 5. The molecular weight excluding hydrogens is 380 g/mol. The summed E-state index contributed by atoms with van der Waals surface area (Å²) in [6, 6.07) is 14.4. The summed E-state index contributed by atoms with van der Waals surface area (Å²) >= 11 is 0. The Kier molecular flexibility index (Phi) is 4.73. The second kappa shape index (κ2) is 7.43. The minimum Gasteiger partial charge on any atom is -0.497 e. The molecular formula is C23H26N4O3. The molecule has 1 saturated heterocycles. The number of amides is 1. The zero-order valence-corrected chi connectivity index (χ0v) is 17.3. The fraction of sp³-hybridized carbons (Fsp3) is 0.348. The van der Waals surface area contributed by atoms with E-state index in [2.05, 4.69) is 39.2 Å². The maximum atomic E-state index is 13.0. The van der Waals surface area contributed by atoms with Crippen molar-refractivity contribution in [2.45, 2.75) is 25.6 Å². The van der Waals surface area contributed by atoms with Crippen molar-refractivity contribution in [3.63, 3.8) is 0 Å². The predicted octanol–water partition coefficient (Wildman–Crippen LogP) is 2.51. The summed E-state index contributed by atoms with van der Waals surface area (Å²) in [4.78, 5) is 17.2. The van der Waals surface area contributed by atoms with Crippen LogP contribution in [0.15, 0.2) is 42.5 Å². The van der Waals surface area contributed by atoms with Gasteiger partial charge in [0.2, 0.25) is 5.91 Å². The lowest BCUT2D eigenvalue weighted by molar-refractivity contribution is -0.139. The number of nitrogens with zero attached hydrogens (tertiary/aromatic N) is 3. The van der Waals surface area contributed by atoms with Gasteiger partial charge in [-0.05, 0) is 34.9 Å². The van der Waals surface area contributed by atoms with E-state index in [0.717, 1.165) is 47.4 Å². The molecule has 2 atom stereocenters. The first-order valence-corrected chi connectivity index (χ1v) is 10.2. The lowest BCUT2D eigenvalue weighted by Gasteiger charge is -2.42. The van der Waals surface area contributed by atoms with E-state index in [1.807, 2.05) is 30.1 Å². The molecule has 3 aromatic rings. The normalized spacial score (nSPS) is 20.5. The molecule has 2 aromatic carbocycles. The highest BCUT2D eigenvalue weighted by atomic mass is 16.5. The van der Waals surface area contributed by atoms with Crippen LogP contribution < -0.4 is 10.2 Å². The van der Waals surface area contributed by atoms with Gasteiger partial charge in [0.05, 0.1) is 19.7 Å². The van der Waals surface area contributed by atoms with Crippen molar-refractivity contribution in [3.05, 3.63) is 64.8 Å². The lowest BCUT2D eigenvalue weighted by Crippen LogP contribution is -2.52. The third-order valence-electron chi connectivity index (χ3n) is 6.32. The maximum absolute atomic E-state index is 13.0.